The number of piperazine rings is 1. The van der Waals surface area contributed by atoms with E-state index < -0.39 is 6.10 Å². The highest BCUT2D eigenvalue weighted by Crippen LogP contribution is 2.29. The molecule has 0 amide bonds. The van der Waals surface area contributed by atoms with Crippen LogP contribution in [-0.2, 0) is 0 Å². The highest BCUT2D eigenvalue weighted by Gasteiger charge is 2.26. The third-order valence-electron chi connectivity index (χ3n) is 4.16. The van der Waals surface area contributed by atoms with Gasteiger partial charge in [-0.3, -0.25) is 4.90 Å². The number of aliphatic hydroxyl groups excluding tert-OH is 1. The van der Waals surface area contributed by atoms with Crippen LogP contribution >= 0.6 is 15.9 Å². The van der Waals surface area contributed by atoms with E-state index in [4.69, 9.17) is 0 Å². The van der Waals surface area contributed by atoms with Crippen LogP contribution in [0, 0.1) is 0 Å². The van der Waals surface area contributed by atoms with E-state index in [9.17, 15) is 5.11 Å². The number of likely N-dealkylation sites (N-methyl/N-ethyl adjacent to an activating group) is 1. The molecule has 1 aliphatic heterocycles. The van der Waals surface area contributed by atoms with Crippen LogP contribution in [0.3, 0.4) is 0 Å². The molecule has 1 fully saturated rings. The summed E-state index contributed by atoms with van der Waals surface area (Å²) in [6.07, 6.45) is -0.436. The monoisotopic (exact) mass is 326 g/mol. The number of aliphatic hydroxyl groups is 1. The molecule has 0 bridgehead atoms. The van der Waals surface area contributed by atoms with E-state index >= 15 is 0 Å². The van der Waals surface area contributed by atoms with E-state index in [0.29, 0.717) is 12.1 Å². The van der Waals surface area contributed by atoms with Crippen LogP contribution in [-0.4, -0.2) is 42.2 Å². The largest absolute Gasteiger partial charge is 0.389 e. The Morgan fingerprint density at radius 2 is 1.84 bits per heavy atom. The third-order valence-corrected chi connectivity index (χ3v) is 4.85. The summed E-state index contributed by atoms with van der Waals surface area (Å²) in [5.41, 5.74) is 2.17. The van der Waals surface area contributed by atoms with Gasteiger partial charge in [0.25, 0.3) is 0 Å². The molecule has 1 saturated heterocycles. The minimum Gasteiger partial charge on any atom is -0.389 e. The van der Waals surface area contributed by atoms with Gasteiger partial charge in [-0.2, -0.15) is 0 Å². The maximum absolute atomic E-state index is 9.67. The smallest absolute Gasteiger partial charge is 0.0772 e. The van der Waals surface area contributed by atoms with Crippen molar-refractivity contribution in [3.8, 4) is 0 Å². The van der Waals surface area contributed by atoms with Crippen molar-refractivity contribution in [2.45, 2.75) is 39.0 Å². The Balaban J connectivity index is 2.21. The van der Waals surface area contributed by atoms with Crippen LogP contribution < -0.4 is 4.90 Å². The van der Waals surface area contributed by atoms with Crippen LogP contribution in [0.2, 0.25) is 0 Å². The van der Waals surface area contributed by atoms with E-state index in [-0.39, 0.29) is 0 Å². The summed E-state index contributed by atoms with van der Waals surface area (Å²) in [6, 6.07) is 7.35. The molecule has 0 saturated carbocycles. The summed E-state index contributed by atoms with van der Waals surface area (Å²) in [5.74, 6) is 0. The Morgan fingerprint density at radius 3 is 2.32 bits per heavy atom. The lowest BCUT2D eigenvalue weighted by Gasteiger charge is -2.43. The predicted molar refractivity (Wildman–Crippen MR) is 83.7 cm³/mol. The summed E-state index contributed by atoms with van der Waals surface area (Å²) in [5, 5.41) is 9.67. The second kappa shape index (κ2) is 5.81. The zero-order valence-electron chi connectivity index (χ0n) is 12.1. The van der Waals surface area contributed by atoms with Crippen LogP contribution in [0.5, 0.6) is 0 Å². The van der Waals surface area contributed by atoms with Crippen molar-refractivity contribution < 1.29 is 5.11 Å². The van der Waals surface area contributed by atoms with Gasteiger partial charge in [-0.05, 0) is 45.5 Å². The molecule has 106 valence electrons. The molecule has 1 aliphatic rings. The van der Waals surface area contributed by atoms with Gasteiger partial charge >= 0.3 is 0 Å². The molecule has 1 heterocycles. The van der Waals surface area contributed by atoms with Crippen LogP contribution in [0.25, 0.3) is 0 Å². The average Bonchev–Trinajstić information content (AvgIpc) is 2.34. The predicted octanol–water partition coefficient (Wildman–Crippen LogP) is 3.03. The van der Waals surface area contributed by atoms with Gasteiger partial charge in [0.2, 0.25) is 0 Å². The Morgan fingerprint density at radius 1 is 1.26 bits per heavy atom. The summed E-state index contributed by atoms with van der Waals surface area (Å²) < 4.78 is 0.985. The summed E-state index contributed by atoms with van der Waals surface area (Å²) in [7, 11) is 2.19. The summed E-state index contributed by atoms with van der Waals surface area (Å²) >= 11 is 3.56. The molecule has 1 N–H and O–H groups in total. The van der Waals surface area contributed by atoms with Gasteiger partial charge in [-0.1, -0.05) is 22.0 Å². The maximum atomic E-state index is 9.67. The molecule has 2 unspecified atom stereocenters. The van der Waals surface area contributed by atoms with Gasteiger partial charge in [-0.15, -0.1) is 0 Å². The molecule has 19 heavy (non-hydrogen) atoms. The van der Waals surface area contributed by atoms with Gasteiger partial charge in [0.05, 0.1) is 6.10 Å². The second-order valence-corrected chi connectivity index (χ2v) is 6.50. The molecule has 3 atom stereocenters. The molecule has 1 aromatic rings. The first-order valence-electron chi connectivity index (χ1n) is 6.84. The number of nitrogens with zero attached hydrogens (tertiary/aromatic N) is 2. The average molecular weight is 327 g/mol. The lowest BCUT2D eigenvalue weighted by atomic mass is 10.1. The Hall–Kier alpha value is -0.580. The number of halogens is 1. The van der Waals surface area contributed by atoms with E-state index in [1.54, 1.807) is 6.92 Å². The van der Waals surface area contributed by atoms with Crippen molar-refractivity contribution in [2.75, 3.05) is 25.0 Å². The quantitative estimate of drug-likeness (QED) is 0.904. The number of hydrogen-bond donors (Lipinski definition) is 1. The lowest BCUT2D eigenvalue weighted by Crippen LogP contribution is -2.55. The topological polar surface area (TPSA) is 26.7 Å². The molecular formula is C15H23BrN2O. The summed E-state index contributed by atoms with van der Waals surface area (Å²) in [4.78, 5) is 4.85. The van der Waals surface area contributed by atoms with Crippen LogP contribution in [0.4, 0.5) is 5.69 Å². The van der Waals surface area contributed by atoms with Crippen molar-refractivity contribution in [3.63, 3.8) is 0 Å². The fourth-order valence-corrected chi connectivity index (χ4v) is 3.36. The lowest BCUT2D eigenvalue weighted by molar-refractivity contribution is 0.170. The van der Waals surface area contributed by atoms with E-state index in [2.05, 4.69) is 58.8 Å². The normalized spacial score (nSPS) is 26.5. The van der Waals surface area contributed by atoms with Crippen molar-refractivity contribution in [2.24, 2.45) is 0 Å². The van der Waals surface area contributed by atoms with Crippen molar-refractivity contribution >= 4 is 21.6 Å². The second-order valence-electron chi connectivity index (χ2n) is 5.65. The Bertz CT molecular complexity index is 438. The van der Waals surface area contributed by atoms with Crippen LogP contribution in [0.15, 0.2) is 22.7 Å². The first kappa shape index (κ1) is 14.8. The SMILES string of the molecule is CC1CN(c2ccc([C@@H](C)O)c(Br)c2)CC(C)N1C. The van der Waals surface area contributed by atoms with Gasteiger partial charge in [0.15, 0.2) is 0 Å². The molecule has 0 spiro atoms. The van der Waals surface area contributed by atoms with Crippen molar-refractivity contribution in [1.82, 2.24) is 4.90 Å². The highest BCUT2D eigenvalue weighted by molar-refractivity contribution is 9.10. The molecule has 3 nitrogen and oxygen atoms in total. The minimum atomic E-state index is -0.436. The van der Waals surface area contributed by atoms with Crippen molar-refractivity contribution in [1.29, 1.82) is 0 Å². The fourth-order valence-electron chi connectivity index (χ4n) is 2.67. The first-order chi connectivity index (χ1) is 8.90. The fraction of sp³-hybridized carbons (Fsp3) is 0.600. The molecule has 0 aromatic heterocycles. The Labute approximate surface area is 124 Å². The standard InChI is InChI=1S/C15H23BrN2O/c1-10-8-18(9-11(2)17(10)4)13-5-6-14(12(3)19)15(16)7-13/h5-7,10-12,19H,8-9H2,1-4H3/t10?,11?,12-/m1/s1. The van der Waals surface area contributed by atoms with Crippen LogP contribution in [0.1, 0.15) is 32.4 Å². The minimum absolute atomic E-state index is 0.436. The molecule has 0 radical (unpaired) electrons. The highest BCUT2D eigenvalue weighted by atomic mass is 79.9. The number of hydrogen-bond acceptors (Lipinski definition) is 3. The van der Waals surface area contributed by atoms with Crippen molar-refractivity contribution in [3.05, 3.63) is 28.2 Å². The number of rotatable bonds is 2. The van der Waals surface area contributed by atoms with Gasteiger partial charge in [-0.25, -0.2) is 0 Å². The zero-order valence-corrected chi connectivity index (χ0v) is 13.7. The van der Waals surface area contributed by atoms with E-state index in [1.165, 1.54) is 5.69 Å². The molecule has 4 heteroatoms. The van der Waals surface area contributed by atoms with Gasteiger partial charge in [0.1, 0.15) is 0 Å². The maximum Gasteiger partial charge on any atom is 0.0772 e. The molecule has 2 rings (SSSR count). The molecule has 1 aromatic carbocycles. The molecular weight excluding hydrogens is 304 g/mol. The number of anilines is 1. The number of benzene rings is 1. The van der Waals surface area contributed by atoms with E-state index in [0.717, 1.165) is 23.1 Å². The zero-order chi connectivity index (χ0) is 14.2. The van der Waals surface area contributed by atoms with E-state index in [1.807, 2.05) is 6.07 Å². The Kier molecular flexibility index (Phi) is 4.54. The van der Waals surface area contributed by atoms with Gasteiger partial charge in [0, 0.05) is 35.3 Å². The van der Waals surface area contributed by atoms with Gasteiger partial charge < -0.3 is 10.0 Å². The summed E-state index contributed by atoms with van der Waals surface area (Å²) in [6.45, 7) is 8.41. The first-order valence-corrected chi connectivity index (χ1v) is 7.64. The third kappa shape index (κ3) is 3.12. The molecule has 0 aliphatic carbocycles.